The number of carbonyl (C=O) groups excluding carboxylic acids is 2. The maximum atomic E-state index is 12.3. The van der Waals surface area contributed by atoms with Crippen molar-refractivity contribution in [1.29, 1.82) is 0 Å². The van der Waals surface area contributed by atoms with E-state index in [0.29, 0.717) is 23.2 Å². The molecule has 0 bridgehead atoms. The van der Waals surface area contributed by atoms with E-state index in [1.165, 1.54) is 0 Å². The van der Waals surface area contributed by atoms with Gasteiger partial charge in [-0.1, -0.05) is 75.2 Å². The zero-order valence-electron chi connectivity index (χ0n) is 19.8. The van der Waals surface area contributed by atoms with E-state index in [9.17, 15) is 9.59 Å². The molecule has 0 unspecified atom stereocenters. The van der Waals surface area contributed by atoms with Crippen molar-refractivity contribution in [2.75, 3.05) is 0 Å². The molecule has 0 aliphatic rings. The summed E-state index contributed by atoms with van der Waals surface area (Å²) in [5.74, 6) is -1.05. The predicted octanol–water partition coefficient (Wildman–Crippen LogP) is 8.59. The second-order valence-corrected chi connectivity index (χ2v) is 7.24. The Morgan fingerprint density at radius 1 is 0.688 bits per heavy atom. The standard InChI is InChI=1S/C22H28N2O2.2CH3.2ClH.2Ru/c1-13(2)17-9-7-15(5)19(11-17)23-21(25)22(26)24-20-12-18(14(3)4)10-8-16(20)6;;;;;;/h7-14H,1-6H3,(H2,23,24,25,26);2*1H3;2*1H;;/q;2*-1;;;2*+3/p-4. The normalized spacial score (nSPS) is 9.19. The Labute approximate surface area is 223 Å². The predicted molar refractivity (Wildman–Crippen MR) is 131 cm³/mol. The number of amides is 2. The number of aryl methyl sites for hydroxylation is 2. The Morgan fingerprint density at radius 2 is 0.969 bits per heavy atom. The van der Waals surface area contributed by atoms with Gasteiger partial charge in [-0.05, 0) is 36.8 Å². The average molecular weight is 654 g/mol. The summed E-state index contributed by atoms with van der Waals surface area (Å²) in [5.41, 5.74) is 4.91. The van der Waals surface area contributed by atoms with Crippen molar-refractivity contribution >= 4 is 42.6 Å². The molecule has 2 aromatic rings. The van der Waals surface area contributed by atoms with E-state index in [-0.39, 0.29) is 14.9 Å². The molecule has 32 heavy (non-hydrogen) atoms. The molecule has 0 aliphatic heterocycles. The van der Waals surface area contributed by atoms with Crippen LogP contribution in [0.5, 0.6) is 0 Å². The molecule has 0 heterocycles. The van der Waals surface area contributed by atoms with Crippen molar-refractivity contribution in [2.24, 2.45) is 0 Å². The van der Waals surface area contributed by atoms with E-state index in [4.69, 9.17) is 0 Å². The molecule has 8 heteroatoms. The van der Waals surface area contributed by atoms with Gasteiger partial charge in [0, 0.05) is 0 Å². The summed E-state index contributed by atoms with van der Waals surface area (Å²) in [4.78, 5) is 24.5. The Hall–Kier alpha value is -0.793. The summed E-state index contributed by atoms with van der Waals surface area (Å²) in [6.45, 7) is 12.0. The summed E-state index contributed by atoms with van der Waals surface area (Å²) in [6, 6.07) is 11.6. The van der Waals surface area contributed by atoms with Crippen molar-refractivity contribution < 1.29 is 44.2 Å². The zero-order valence-corrected chi connectivity index (χ0v) is 24.8. The first-order valence-electron chi connectivity index (χ1n) is 9.18. The van der Waals surface area contributed by atoms with E-state index < -0.39 is 11.8 Å². The molecule has 0 N–H and O–H groups in total. The molecule has 0 saturated carbocycles. The minimum absolute atomic E-state index is 0. The molecule has 0 aromatic heterocycles. The van der Waals surface area contributed by atoms with Crippen LogP contribution in [-0.4, -0.2) is 11.8 Å². The second kappa shape index (κ2) is 18.6. The van der Waals surface area contributed by atoms with Crippen LogP contribution in [0.3, 0.4) is 0 Å². The monoisotopic (exact) mass is 654 g/mol. The van der Waals surface area contributed by atoms with Crippen molar-refractivity contribution in [3.05, 3.63) is 84.1 Å². The van der Waals surface area contributed by atoms with Gasteiger partial charge in [0.25, 0.3) is 0 Å². The van der Waals surface area contributed by atoms with Gasteiger partial charge < -0.3 is 35.1 Å². The fourth-order valence-corrected chi connectivity index (χ4v) is 2.53. The third-order valence-corrected chi connectivity index (χ3v) is 4.43. The number of halogens is 2. The van der Waals surface area contributed by atoms with Crippen LogP contribution in [0.4, 0.5) is 11.4 Å². The van der Waals surface area contributed by atoms with Crippen molar-refractivity contribution in [3.63, 3.8) is 0 Å². The first-order valence-corrected chi connectivity index (χ1v) is 13.7. The summed E-state index contributed by atoms with van der Waals surface area (Å²) in [5, 5.41) is 8.01. The fourth-order valence-electron chi connectivity index (χ4n) is 2.53. The van der Waals surface area contributed by atoms with Crippen LogP contribution in [-0.2, 0) is 44.2 Å². The molecule has 2 aromatic carbocycles. The van der Waals surface area contributed by atoms with Gasteiger partial charge in [-0.3, -0.25) is 0 Å². The summed E-state index contributed by atoms with van der Waals surface area (Å²) >= 11 is 3.64. The van der Waals surface area contributed by atoms with Crippen molar-refractivity contribution in [2.45, 2.75) is 53.4 Å². The van der Waals surface area contributed by atoms with Crippen LogP contribution in [0.15, 0.2) is 36.4 Å². The first kappa shape index (κ1) is 35.8. The average Bonchev–Trinajstić information content (AvgIpc) is 2.73. The Bertz CT molecular complexity index is 775. The van der Waals surface area contributed by atoms with Crippen LogP contribution < -0.4 is 0 Å². The molecule has 0 saturated heterocycles. The van der Waals surface area contributed by atoms with Crippen molar-refractivity contribution in [3.8, 4) is 0 Å². The number of carbonyl (C=O) groups is 2. The molecule has 2 amide bonds. The van der Waals surface area contributed by atoms with Gasteiger partial charge in [0.05, 0.1) is 0 Å². The van der Waals surface area contributed by atoms with Crippen LogP contribution in [0.1, 0.15) is 61.8 Å². The van der Waals surface area contributed by atoms with E-state index in [1.807, 2.05) is 84.9 Å². The van der Waals surface area contributed by atoms with Gasteiger partial charge in [-0.25, -0.2) is 0 Å². The molecule has 0 radical (unpaired) electrons. The summed E-state index contributed by atoms with van der Waals surface area (Å²) in [7, 11) is 9.14. The molecule has 0 atom stereocenters. The summed E-state index contributed by atoms with van der Waals surface area (Å²) in [6.07, 6.45) is 0. The first-order chi connectivity index (χ1) is 14.2. The minimum atomic E-state index is -0.844. The van der Waals surface area contributed by atoms with Crippen LogP contribution in [0.2, 0.25) is 0 Å². The van der Waals surface area contributed by atoms with E-state index in [2.05, 4.69) is 57.7 Å². The molecule has 0 aliphatic carbocycles. The van der Waals surface area contributed by atoms with Crippen molar-refractivity contribution in [1.82, 2.24) is 0 Å². The SMILES string of the molecule is Cc1ccc(C(C)C)cc1[N-]C(=O)C(=O)[N-]c1cc(C(C)C)ccc1C.[CH3-].[CH3-].[Cl][Ru+2].[Cl][Ru+2]. The van der Waals surface area contributed by atoms with Gasteiger partial charge >= 0.3 is 54.0 Å². The quantitative estimate of drug-likeness (QED) is 0.189. The fraction of sp³-hybridized carbons (Fsp3) is 0.333. The Balaban J connectivity index is -0.00000132. The Kier molecular flexibility index (Phi) is 20.8. The zero-order chi connectivity index (χ0) is 23.4. The molecular formula is C24H32Cl2N2O2Ru2. The number of hydrogen-bond acceptors (Lipinski definition) is 2. The van der Waals surface area contributed by atoms with Gasteiger partial charge in [0.2, 0.25) is 0 Å². The van der Waals surface area contributed by atoms with Gasteiger partial charge in [-0.2, -0.15) is 0 Å². The van der Waals surface area contributed by atoms with Gasteiger partial charge in [0.15, 0.2) is 0 Å². The van der Waals surface area contributed by atoms with Gasteiger partial charge in [0.1, 0.15) is 11.8 Å². The Morgan fingerprint density at radius 3 is 1.22 bits per heavy atom. The molecule has 4 nitrogen and oxygen atoms in total. The molecule has 0 spiro atoms. The maximum absolute atomic E-state index is 12.3. The molecule has 2 rings (SSSR count). The number of benzene rings is 2. The van der Waals surface area contributed by atoms with E-state index >= 15 is 0 Å². The number of rotatable bonds is 4. The van der Waals surface area contributed by atoms with Crippen LogP contribution in [0.25, 0.3) is 10.6 Å². The van der Waals surface area contributed by atoms with E-state index in [0.717, 1.165) is 22.3 Å². The topological polar surface area (TPSA) is 62.3 Å². The van der Waals surface area contributed by atoms with E-state index in [1.54, 1.807) is 0 Å². The number of nitrogens with zero attached hydrogens (tertiary/aromatic N) is 2. The third-order valence-electron chi connectivity index (χ3n) is 4.43. The molecular weight excluding hydrogens is 621 g/mol. The van der Waals surface area contributed by atoms with Gasteiger partial charge in [-0.15, -0.1) is 11.4 Å². The second-order valence-electron chi connectivity index (χ2n) is 7.24. The molecule has 0 fully saturated rings. The molecule has 180 valence electrons. The summed E-state index contributed by atoms with van der Waals surface area (Å²) < 4.78 is 0. The van der Waals surface area contributed by atoms with Crippen LogP contribution in [0, 0.1) is 28.7 Å². The number of hydrogen-bond donors (Lipinski definition) is 0. The van der Waals surface area contributed by atoms with Crippen LogP contribution >= 0.6 is 19.4 Å². The third kappa shape index (κ3) is 11.4.